The molecule has 3 nitrogen and oxygen atoms in total. The first-order valence-electron chi connectivity index (χ1n) is 5.93. The molecule has 1 fully saturated rings. The lowest BCUT2D eigenvalue weighted by Crippen LogP contribution is -2.27. The quantitative estimate of drug-likeness (QED) is 0.813. The van der Waals surface area contributed by atoms with Crippen LogP contribution in [0.25, 0.3) is 0 Å². The normalized spacial score (nSPS) is 19.6. The van der Waals surface area contributed by atoms with Crippen LogP contribution in [0.1, 0.15) is 30.0 Å². The van der Waals surface area contributed by atoms with Crippen molar-refractivity contribution in [3.05, 3.63) is 35.4 Å². The second kappa shape index (κ2) is 5.43. The molecule has 0 radical (unpaired) electrons. The van der Waals surface area contributed by atoms with Gasteiger partial charge in [-0.2, -0.15) is 0 Å². The van der Waals surface area contributed by atoms with E-state index >= 15 is 0 Å². The Balaban J connectivity index is 2.09. The maximum absolute atomic E-state index is 6.30. The van der Waals surface area contributed by atoms with Crippen LogP contribution in [0.2, 0.25) is 0 Å². The average molecular weight is 220 g/mol. The van der Waals surface area contributed by atoms with Crippen molar-refractivity contribution < 1.29 is 4.74 Å². The van der Waals surface area contributed by atoms with Crippen LogP contribution in [0.4, 0.5) is 0 Å². The van der Waals surface area contributed by atoms with Crippen LogP contribution < -0.4 is 11.5 Å². The second-order valence-electron chi connectivity index (χ2n) is 4.42. The molecule has 0 aromatic heterocycles. The first-order chi connectivity index (χ1) is 7.81. The lowest BCUT2D eigenvalue weighted by atomic mass is 9.87. The molecular weight excluding hydrogens is 200 g/mol. The molecule has 0 saturated carbocycles. The molecule has 1 heterocycles. The third-order valence-electron chi connectivity index (χ3n) is 3.35. The Kier molecular flexibility index (Phi) is 3.93. The van der Waals surface area contributed by atoms with Crippen LogP contribution >= 0.6 is 0 Å². The van der Waals surface area contributed by atoms with Gasteiger partial charge in [0.15, 0.2) is 0 Å². The number of rotatable bonds is 3. The average Bonchev–Trinajstić information content (AvgIpc) is 2.39. The van der Waals surface area contributed by atoms with E-state index in [2.05, 4.69) is 12.1 Å². The monoisotopic (exact) mass is 220 g/mol. The van der Waals surface area contributed by atoms with E-state index in [1.54, 1.807) is 0 Å². The molecule has 1 aromatic carbocycles. The number of hydrogen-bond acceptors (Lipinski definition) is 3. The topological polar surface area (TPSA) is 61.3 Å². The van der Waals surface area contributed by atoms with E-state index in [1.807, 2.05) is 12.1 Å². The van der Waals surface area contributed by atoms with Gasteiger partial charge in [-0.25, -0.2) is 0 Å². The largest absolute Gasteiger partial charge is 0.381 e. The summed E-state index contributed by atoms with van der Waals surface area (Å²) in [5.41, 5.74) is 14.3. The van der Waals surface area contributed by atoms with Gasteiger partial charge in [0.25, 0.3) is 0 Å². The van der Waals surface area contributed by atoms with Crippen LogP contribution in [-0.4, -0.2) is 13.2 Å². The van der Waals surface area contributed by atoms with Crippen LogP contribution in [0.15, 0.2) is 24.3 Å². The van der Waals surface area contributed by atoms with Crippen LogP contribution in [0.5, 0.6) is 0 Å². The van der Waals surface area contributed by atoms with Crippen LogP contribution in [-0.2, 0) is 11.3 Å². The predicted molar refractivity (Wildman–Crippen MR) is 64.8 cm³/mol. The summed E-state index contributed by atoms with van der Waals surface area (Å²) in [7, 11) is 0. The summed E-state index contributed by atoms with van der Waals surface area (Å²) < 4.78 is 5.36. The van der Waals surface area contributed by atoms with Gasteiger partial charge in [-0.05, 0) is 29.9 Å². The van der Waals surface area contributed by atoms with Gasteiger partial charge < -0.3 is 16.2 Å². The molecule has 3 heteroatoms. The smallest absolute Gasteiger partial charge is 0.0469 e. The highest BCUT2D eigenvalue weighted by Crippen LogP contribution is 2.28. The summed E-state index contributed by atoms with van der Waals surface area (Å²) in [6, 6.07) is 8.42. The molecule has 1 aliphatic rings. The summed E-state index contributed by atoms with van der Waals surface area (Å²) in [4.78, 5) is 0. The van der Waals surface area contributed by atoms with Crippen molar-refractivity contribution in [2.24, 2.45) is 17.4 Å². The highest BCUT2D eigenvalue weighted by atomic mass is 16.5. The number of benzene rings is 1. The fourth-order valence-electron chi connectivity index (χ4n) is 2.27. The third-order valence-corrected chi connectivity index (χ3v) is 3.35. The molecule has 1 saturated heterocycles. The lowest BCUT2D eigenvalue weighted by molar-refractivity contribution is 0.0584. The summed E-state index contributed by atoms with van der Waals surface area (Å²) >= 11 is 0. The summed E-state index contributed by atoms with van der Waals surface area (Å²) in [6.07, 6.45) is 2.13. The SMILES string of the molecule is NCc1cccc(C(N)C2CCOCC2)c1. The molecule has 1 aromatic rings. The fraction of sp³-hybridized carbons (Fsp3) is 0.538. The fourth-order valence-corrected chi connectivity index (χ4v) is 2.27. The van der Waals surface area contributed by atoms with Gasteiger partial charge in [-0.15, -0.1) is 0 Å². The molecule has 1 aliphatic heterocycles. The van der Waals surface area contributed by atoms with E-state index in [-0.39, 0.29) is 6.04 Å². The van der Waals surface area contributed by atoms with Crippen molar-refractivity contribution in [3.63, 3.8) is 0 Å². The Hall–Kier alpha value is -0.900. The van der Waals surface area contributed by atoms with Crippen molar-refractivity contribution in [2.75, 3.05) is 13.2 Å². The minimum atomic E-state index is 0.121. The molecule has 88 valence electrons. The van der Waals surface area contributed by atoms with Gasteiger partial charge in [0, 0.05) is 25.8 Å². The van der Waals surface area contributed by atoms with Gasteiger partial charge in [0.05, 0.1) is 0 Å². The molecule has 1 unspecified atom stereocenters. The predicted octanol–water partition coefficient (Wildman–Crippen LogP) is 1.57. The van der Waals surface area contributed by atoms with E-state index < -0.39 is 0 Å². The lowest BCUT2D eigenvalue weighted by Gasteiger charge is -2.28. The number of hydrogen-bond donors (Lipinski definition) is 2. The number of nitrogens with two attached hydrogens (primary N) is 2. The molecule has 4 N–H and O–H groups in total. The Morgan fingerprint density at radius 2 is 2.06 bits per heavy atom. The zero-order valence-corrected chi connectivity index (χ0v) is 9.56. The Morgan fingerprint density at radius 3 is 2.75 bits per heavy atom. The highest BCUT2D eigenvalue weighted by Gasteiger charge is 2.22. The number of ether oxygens (including phenoxy) is 1. The highest BCUT2D eigenvalue weighted by molar-refractivity contribution is 5.26. The molecular formula is C13H20N2O. The first-order valence-corrected chi connectivity index (χ1v) is 5.93. The van der Waals surface area contributed by atoms with E-state index in [0.717, 1.165) is 31.6 Å². The van der Waals surface area contributed by atoms with Gasteiger partial charge in [-0.3, -0.25) is 0 Å². The summed E-state index contributed by atoms with van der Waals surface area (Å²) in [6.45, 7) is 2.26. The molecule has 0 bridgehead atoms. The minimum absolute atomic E-state index is 0.121. The van der Waals surface area contributed by atoms with Crippen LogP contribution in [0.3, 0.4) is 0 Å². The van der Waals surface area contributed by atoms with E-state index in [9.17, 15) is 0 Å². The molecule has 0 spiro atoms. The third kappa shape index (κ3) is 2.61. The second-order valence-corrected chi connectivity index (χ2v) is 4.42. The standard InChI is InChI=1S/C13H20N2O/c14-9-10-2-1-3-12(8-10)13(15)11-4-6-16-7-5-11/h1-3,8,11,13H,4-7,9,14-15H2. The molecule has 0 amide bonds. The van der Waals surface area contributed by atoms with Gasteiger partial charge >= 0.3 is 0 Å². The van der Waals surface area contributed by atoms with Crippen molar-refractivity contribution in [1.82, 2.24) is 0 Å². The summed E-state index contributed by atoms with van der Waals surface area (Å²) in [5, 5.41) is 0. The first kappa shape index (κ1) is 11.6. The van der Waals surface area contributed by atoms with Gasteiger partial charge in [0.2, 0.25) is 0 Å². The van der Waals surface area contributed by atoms with E-state index in [1.165, 1.54) is 5.56 Å². The maximum Gasteiger partial charge on any atom is 0.0469 e. The Bertz CT molecular complexity index is 334. The van der Waals surface area contributed by atoms with E-state index in [0.29, 0.717) is 12.5 Å². The van der Waals surface area contributed by atoms with E-state index in [4.69, 9.17) is 16.2 Å². The van der Waals surface area contributed by atoms with Crippen molar-refractivity contribution in [2.45, 2.75) is 25.4 Å². The van der Waals surface area contributed by atoms with Crippen molar-refractivity contribution in [3.8, 4) is 0 Å². The van der Waals surface area contributed by atoms with Crippen LogP contribution in [0, 0.1) is 5.92 Å². The molecule has 0 aliphatic carbocycles. The zero-order chi connectivity index (χ0) is 11.4. The maximum atomic E-state index is 6.30. The Morgan fingerprint density at radius 1 is 1.31 bits per heavy atom. The van der Waals surface area contributed by atoms with Crippen molar-refractivity contribution >= 4 is 0 Å². The minimum Gasteiger partial charge on any atom is -0.381 e. The van der Waals surface area contributed by atoms with Gasteiger partial charge in [0.1, 0.15) is 0 Å². The molecule has 2 rings (SSSR count). The van der Waals surface area contributed by atoms with Gasteiger partial charge in [-0.1, -0.05) is 24.3 Å². The Labute approximate surface area is 96.8 Å². The van der Waals surface area contributed by atoms with Crippen molar-refractivity contribution in [1.29, 1.82) is 0 Å². The zero-order valence-electron chi connectivity index (χ0n) is 9.56. The summed E-state index contributed by atoms with van der Waals surface area (Å²) in [5.74, 6) is 0.543. The molecule has 1 atom stereocenters. The molecule has 16 heavy (non-hydrogen) atoms.